The highest BCUT2D eigenvalue weighted by Crippen LogP contribution is 2.21. The zero-order chi connectivity index (χ0) is 18.1. The van der Waals surface area contributed by atoms with Gasteiger partial charge in [-0.05, 0) is 37.1 Å². The lowest BCUT2D eigenvalue weighted by atomic mass is 10.2. The van der Waals surface area contributed by atoms with Crippen LogP contribution < -0.4 is 0 Å². The number of imidazole rings is 1. The molecule has 0 atom stereocenters. The second-order valence-electron chi connectivity index (χ2n) is 6.84. The van der Waals surface area contributed by atoms with Gasteiger partial charge >= 0.3 is 0 Å². The molecule has 0 radical (unpaired) electrons. The summed E-state index contributed by atoms with van der Waals surface area (Å²) in [5.74, 6) is -0.296. The van der Waals surface area contributed by atoms with Gasteiger partial charge in [0.05, 0.1) is 30.8 Å². The quantitative estimate of drug-likeness (QED) is 0.847. The molecule has 0 spiro atoms. The SMILES string of the molecule is O=C1CCCN1Cc1ncn2c1CN(C(=O)c1ccc(F)cc1)CCC2. The largest absolute Gasteiger partial charge is 0.337 e. The lowest BCUT2D eigenvalue weighted by molar-refractivity contribution is -0.128. The monoisotopic (exact) mass is 356 g/mol. The van der Waals surface area contributed by atoms with Gasteiger partial charge in [0.25, 0.3) is 5.91 Å². The van der Waals surface area contributed by atoms with Crippen molar-refractivity contribution in [2.24, 2.45) is 0 Å². The van der Waals surface area contributed by atoms with E-state index in [0.717, 1.165) is 37.3 Å². The Hall–Kier alpha value is -2.70. The second kappa shape index (κ2) is 6.90. The summed E-state index contributed by atoms with van der Waals surface area (Å²) in [6.07, 6.45) is 4.13. The molecule has 3 heterocycles. The molecule has 0 aliphatic carbocycles. The van der Waals surface area contributed by atoms with Crippen molar-refractivity contribution in [3.63, 3.8) is 0 Å². The van der Waals surface area contributed by atoms with Gasteiger partial charge in [0.15, 0.2) is 0 Å². The maximum atomic E-state index is 13.1. The summed E-state index contributed by atoms with van der Waals surface area (Å²) in [5.41, 5.74) is 2.33. The highest BCUT2D eigenvalue weighted by atomic mass is 19.1. The molecule has 1 aromatic carbocycles. The van der Waals surface area contributed by atoms with Gasteiger partial charge in [0.1, 0.15) is 5.82 Å². The second-order valence-corrected chi connectivity index (χ2v) is 6.84. The van der Waals surface area contributed by atoms with E-state index < -0.39 is 0 Å². The van der Waals surface area contributed by atoms with E-state index >= 15 is 0 Å². The molecule has 0 unspecified atom stereocenters. The minimum atomic E-state index is -0.354. The molecule has 0 bridgehead atoms. The van der Waals surface area contributed by atoms with Crippen molar-refractivity contribution in [1.82, 2.24) is 19.4 Å². The molecule has 4 rings (SSSR count). The van der Waals surface area contributed by atoms with Crippen LogP contribution in [0.15, 0.2) is 30.6 Å². The molecule has 2 amide bonds. The van der Waals surface area contributed by atoms with Crippen LogP contribution in [0.1, 0.15) is 41.0 Å². The number of hydrogen-bond donors (Lipinski definition) is 0. The summed E-state index contributed by atoms with van der Waals surface area (Å²) in [6.45, 7) is 3.15. The van der Waals surface area contributed by atoms with Crippen LogP contribution >= 0.6 is 0 Å². The van der Waals surface area contributed by atoms with E-state index in [0.29, 0.717) is 31.6 Å². The summed E-state index contributed by atoms with van der Waals surface area (Å²) in [6, 6.07) is 5.65. The third-order valence-corrected chi connectivity index (χ3v) is 5.09. The van der Waals surface area contributed by atoms with Crippen LogP contribution in [-0.4, -0.2) is 44.3 Å². The van der Waals surface area contributed by atoms with E-state index in [1.54, 1.807) is 11.2 Å². The normalized spacial score (nSPS) is 17.3. The maximum Gasteiger partial charge on any atom is 0.254 e. The van der Waals surface area contributed by atoms with E-state index in [-0.39, 0.29) is 17.6 Å². The first-order valence-corrected chi connectivity index (χ1v) is 8.97. The average molecular weight is 356 g/mol. The molecule has 1 fully saturated rings. The number of aryl methyl sites for hydroxylation is 1. The molecule has 0 N–H and O–H groups in total. The number of benzene rings is 1. The Kier molecular flexibility index (Phi) is 4.44. The number of rotatable bonds is 3. The fraction of sp³-hybridized carbons (Fsp3) is 0.421. The number of amides is 2. The summed E-state index contributed by atoms with van der Waals surface area (Å²) in [5, 5.41) is 0. The van der Waals surface area contributed by atoms with Crippen molar-refractivity contribution in [3.05, 3.63) is 53.4 Å². The predicted octanol–water partition coefficient (Wildman–Crippen LogP) is 2.19. The predicted molar refractivity (Wildman–Crippen MR) is 92.6 cm³/mol. The zero-order valence-electron chi connectivity index (χ0n) is 14.5. The Morgan fingerprint density at radius 1 is 1.12 bits per heavy atom. The third kappa shape index (κ3) is 3.21. The van der Waals surface area contributed by atoms with Crippen molar-refractivity contribution >= 4 is 11.8 Å². The van der Waals surface area contributed by atoms with E-state index in [1.807, 2.05) is 4.90 Å². The van der Waals surface area contributed by atoms with Gasteiger partial charge in [0, 0.05) is 31.6 Å². The van der Waals surface area contributed by atoms with E-state index in [2.05, 4.69) is 9.55 Å². The molecule has 1 aromatic heterocycles. The van der Waals surface area contributed by atoms with Gasteiger partial charge in [0.2, 0.25) is 5.91 Å². The van der Waals surface area contributed by atoms with E-state index in [4.69, 9.17) is 0 Å². The van der Waals surface area contributed by atoms with Gasteiger partial charge in [-0.3, -0.25) is 9.59 Å². The third-order valence-electron chi connectivity index (χ3n) is 5.09. The number of hydrogen-bond acceptors (Lipinski definition) is 3. The van der Waals surface area contributed by atoms with Gasteiger partial charge < -0.3 is 14.4 Å². The van der Waals surface area contributed by atoms with E-state index in [9.17, 15) is 14.0 Å². The number of carbonyl (C=O) groups is 2. The molecule has 136 valence electrons. The fourth-order valence-corrected chi connectivity index (χ4v) is 3.65. The number of nitrogens with zero attached hydrogens (tertiary/aromatic N) is 4. The number of aromatic nitrogens is 2. The number of carbonyl (C=O) groups excluding carboxylic acids is 2. The molecule has 6 nitrogen and oxygen atoms in total. The molecule has 2 aliphatic rings. The van der Waals surface area contributed by atoms with Crippen molar-refractivity contribution in [2.75, 3.05) is 13.1 Å². The topological polar surface area (TPSA) is 58.4 Å². The Bertz CT molecular complexity index is 831. The molecule has 0 saturated carbocycles. The van der Waals surface area contributed by atoms with Crippen LogP contribution in [0, 0.1) is 5.82 Å². The molecule has 26 heavy (non-hydrogen) atoms. The van der Waals surface area contributed by atoms with E-state index in [1.165, 1.54) is 24.3 Å². The highest BCUT2D eigenvalue weighted by Gasteiger charge is 2.26. The van der Waals surface area contributed by atoms with Crippen molar-refractivity contribution in [2.45, 2.75) is 38.9 Å². The van der Waals surface area contributed by atoms with Gasteiger partial charge in [-0.2, -0.15) is 0 Å². The fourth-order valence-electron chi connectivity index (χ4n) is 3.65. The Morgan fingerprint density at radius 2 is 1.92 bits per heavy atom. The van der Waals surface area contributed by atoms with Gasteiger partial charge in [-0.25, -0.2) is 9.37 Å². The molecular formula is C19H21FN4O2. The summed E-state index contributed by atoms with van der Waals surface area (Å²) in [4.78, 5) is 32.8. The van der Waals surface area contributed by atoms with Crippen LogP contribution in [0.4, 0.5) is 4.39 Å². The number of halogens is 1. The molecule has 2 aromatic rings. The molecular weight excluding hydrogens is 335 g/mol. The lowest BCUT2D eigenvalue weighted by Gasteiger charge is -2.21. The molecule has 1 saturated heterocycles. The standard InChI is InChI=1S/C19H21FN4O2/c20-15-6-4-14(5-7-15)19(26)23-9-2-10-24-13-21-16(17(24)12-23)11-22-8-1-3-18(22)25/h4-7,13H,1-3,8-12H2. The zero-order valence-corrected chi connectivity index (χ0v) is 14.5. The Balaban J connectivity index is 1.55. The Morgan fingerprint density at radius 3 is 2.65 bits per heavy atom. The van der Waals surface area contributed by atoms with Crippen LogP contribution in [0.25, 0.3) is 0 Å². The number of fused-ring (bicyclic) bond motifs is 1. The lowest BCUT2D eigenvalue weighted by Crippen LogP contribution is -2.31. The van der Waals surface area contributed by atoms with Crippen molar-refractivity contribution in [3.8, 4) is 0 Å². The highest BCUT2D eigenvalue weighted by molar-refractivity contribution is 5.94. The summed E-state index contributed by atoms with van der Waals surface area (Å²) in [7, 11) is 0. The maximum absolute atomic E-state index is 13.1. The van der Waals surface area contributed by atoms with Gasteiger partial charge in [-0.1, -0.05) is 0 Å². The minimum Gasteiger partial charge on any atom is -0.337 e. The van der Waals surface area contributed by atoms with Crippen LogP contribution in [0.5, 0.6) is 0 Å². The van der Waals surface area contributed by atoms with Gasteiger partial charge in [-0.15, -0.1) is 0 Å². The molecule has 7 heteroatoms. The van der Waals surface area contributed by atoms with Crippen LogP contribution in [0.3, 0.4) is 0 Å². The molecule has 2 aliphatic heterocycles. The summed E-state index contributed by atoms with van der Waals surface area (Å²) < 4.78 is 15.2. The first kappa shape index (κ1) is 16.8. The Labute approximate surface area is 151 Å². The van der Waals surface area contributed by atoms with Crippen LogP contribution in [-0.2, 0) is 24.4 Å². The number of likely N-dealkylation sites (tertiary alicyclic amines) is 1. The minimum absolute atomic E-state index is 0.108. The first-order valence-electron chi connectivity index (χ1n) is 8.97. The first-order chi connectivity index (χ1) is 12.6. The average Bonchev–Trinajstić information content (AvgIpc) is 3.14. The van der Waals surface area contributed by atoms with Crippen LogP contribution in [0.2, 0.25) is 0 Å². The smallest absolute Gasteiger partial charge is 0.254 e. The van der Waals surface area contributed by atoms with Crippen molar-refractivity contribution in [1.29, 1.82) is 0 Å². The van der Waals surface area contributed by atoms with Crippen molar-refractivity contribution < 1.29 is 14.0 Å². The summed E-state index contributed by atoms with van der Waals surface area (Å²) >= 11 is 0.